The molecule has 5 aromatic rings. The minimum atomic E-state index is 0.730. The molecule has 7 heteroatoms. The third-order valence-corrected chi connectivity index (χ3v) is 5.67. The second-order valence-electron chi connectivity index (χ2n) is 7.13. The predicted octanol–water partition coefficient (Wildman–Crippen LogP) is 4.92. The van der Waals surface area contributed by atoms with E-state index in [1.165, 1.54) is 5.56 Å². The summed E-state index contributed by atoms with van der Waals surface area (Å²) in [6.07, 6.45) is 6.19. The van der Waals surface area contributed by atoms with Crippen molar-refractivity contribution in [3.8, 4) is 11.1 Å². The zero-order chi connectivity index (χ0) is 19.4. The first kappa shape index (κ1) is 16.4. The summed E-state index contributed by atoms with van der Waals surface area (Å²) in [6, 6.07) is 14.3. The average Bonchev–Trinajstić information content (AvgIpc) is 3.39. The summed E-state index contributed by atoms with van der Waals surface area (Å²) in [7, 11) is 0. The average molecular weight is 399 g/mol. The second-order valence-corrected chi connectivity index (χ2v) is 7.57. The summed E-state index contributed by atoms with van der Waals surface area (Å²) in [5, 5.41) is 8.77. The van der Waals surface area contributed by atoms with Crippen LogP contribution in [0.2, 0.25) is 5.02 Å². The lowest BCUT2D eigenvalue weighted by molar-refractivity contribution is 0.975. The quantitative estimate of drug-likeness (QED) is 0.457. The number of H-pyrrole nitrogens is 1. The molecule has 4 heterocycles. The van der Waals surface area contributed by atoms with Crippen LogP contribution >= 0.6 is 11.6 Å². The second kappa shape index (κ2) is 6.25. The standard InChI is InChI=1S/C22H15ClN6/c23-16-3-1-13-5-6-29(21(13)9-16)22-17-7-14(2-4-18(17)25-12-26-22)15-8-19-20(24-10-15)11-27-28-19/h1-4,7-12H,5-6H2,(H,27,28). The normalized spacial score (nSPS) is 13.3. The van der Waals surface area contributed by atoms with Crippen LogP contribution in [-0.2, 0) is 6.42 Å². The summed E-state index contributed by atoms with van der Waals surface area (Å²) in [5.41, 5.74) is 7.14. The molecular formula is C22H15ClN6. The van der Waals surface area contributed by atoms with E-state index >= 15 is 0 Å². The molecule has 1 aliphatic rings. The molecule has 0 aliphatic carbocycles. The fourth-order valence-corrected chi connectivity index (χ4v) is 4.16. The number of aromatic amines is 1. The molecule has 0 fully saturated rings. The van der Waals surface area contributed by atoms with Gasteiger partial charge in [-0.2, -0.15) is 5.10 Å². The van der Waals surface area contributed by atoms with E-state index in [2.05, 4.69) is 54.3 Å². The molecule has 0 radical (unpaired) electrons. The summed E-state index contributed by atoms with van der Waals surface area (Å²) in [4.78, 5) is 15.8. The molecule has 1 aliphatic heterocycles. The molecule has 29 heavy (non-hydrogen) atoms. The van der Waals surface area contributed by atoms with E-state index in [0.29, 0.717) is 0 Å². The first-order chi connectivity index (χ1) is 14.3. The number of halogens is 1. The number of rotatable bonds is 2. The highest BCUT2D eigenvalue weighted by Crippen LogP contribution is 2.38. The van der Waals surface area contributed by atoms with Crippen LogP contribution in [-0.4, -0.2) is 31.7 Å². The molecule has 2 aromatic carbocycles. The zero-order valence-electron chi connectivity index (χ0n) is 15.3. The van der Waals surface area contributed by atoms with Crippen LogP contribution in [0.4, 0.5) is 11.5 Å². The largest absolute Gasteiger partial charge is 0.325 e. The summed E-state index contributed by atoms with van der Waals surface area (Å²) >= 11 is 6.26. The Morgan fingerprint density at radius 2 is 1.86 bits per heavy atom. The topological polar surface area (TPSA) is 70.6 Å². The van der Waals surface area contributed by atoms with Crippen LogP contribution in [0.15, 0.2) is 61.2 Å². The van der Waals surface area contributed by atoms with E-state index in [4.69, 9.17) is 11.6 Å². The van der Waals surface area contributed by atoms with Crippen LogP contribution < -0.4 is 4.90 Å². The van der Waals surface area contributed by atoms with Crippen LogP contribution in [0.3, 0.4) is 0 Å². The number of aromatic nitrogens is 5. The fraction of sp³-hybridized carbons (Fsp3) is 0.0909. The van der Waals surface area contributed by atoms with Gasteiger partial charge in [0, 0.05) is 34.4 Å². The third kappa shape index (κ3) is 2.64. The van der Waals surface area contributed by atoms with Gasteiger partial charge < -0.3 is 4.90 Å². The number of nitrogens with zero attached hydrogens (tertiary/aromatic N) is 5. The first-order valence-electron chi connectivity index (χ1n) is 9.36. The highest BCUT2D eigenvalue weighted by atomic mass is 35.5. The lowest BCUT2D eigenvalue weighted by Gasteiger charge is -2.20. The van der Waals surface area contributed by atoms with Crippen molar-refractivity contribution in [1.29, 1.82) is 0 Å². The first-order valence-corrected chi connectivity index (χ1v) is 9.74. The van der Waals surface area contributed by atoms with Crippen molar-refractivity contribution < 1.29 is 0 Å². The van der Waals surface area contributed by atoms with E-state index in [1.807, 2.05) is 24.4 Å². The Bertz CT molecular complexity index is 1390. The van der Waals surface area contributed by atoms with Gasteiger partial charge in [-0.05, 0) is 47.9 Å². The number of nitrogens with one attached hydrogen (secondary N) is 1. The Morgan fingerprint density at radius 1 is 0.897 bits per heavy atom. The number of fused-ring (bicyclic) bond motifs is 3. The Kier molecular flexibility index (Phi) is 3.55. The van der Waals surface area contributed by atoms with Gasteiger partial charge in [0.2, 0.25) is 0 Å². The lowest BCUT2D eigenvalue weighted by atomic mass is 10.0. The molecule has 6 nitrogen and oxygen atoms in total. The maximum atomic E-state index is 6.26. The van der Waals surface area contributed by atoms with E-state index in [0.717, 1.165) is 62.6 Å². The molecule has 0 saturated carbocycles. The van der Waals surface area contributed by atoms with Crippen molar-refractivity contribution >= 4 is 45.0 Å². The predicted molar refractivity (Wildman–Crippen MR) is 115 cm³/mol. The van der Waals surface area contributed by atoms with E-state index < -0.39 is 0 Å². The molecule has 1 N–H and O–H groups in total. The molecule has 0 spiro atoms. The van der Waals surface area contributed by atoms with Gasteiger partial charge in [0.05, 0.1) is 17.2 Å². The van der Waals surface area contributed by atoms with Crippen molar-refractivity contribution in [1.82, 2.24) is 25.1 Å². The molecular weight excluding hydrogens is 384 g/mol. The van der Waals surface area contributed by atoms with Gasteiger partial charge in [0.15, 0.2) is 0 Å². The molecule has 0 unspecified atom stereocenters. The number of pyridine rings is 1. The minimum Gasteiger partial charge on any atom is -0.325 e. The molecule has 0 bridgehead atoms. The van der Waals surface area contributed by atoms with Crippen LogP contribution in [0.5, 0.6) is 0 Å². The molecule has 140 valence electrons. The van der Waals surface area contributed by atoms with Gasteiger partial charge in [-0.1, -0.05) is 23.7 Å². The molecule has 3 aromatic heterocycles. The van der Waals surface area contributed by atoms with E-state index in [-0.39, 0.29) is 0 Å². The van der Waals surface area contributed by atoms with Crippen molar-refractivity contribution in [3.63, 3.8) is 0 Å². The van der Waals surface area contributed by atoms with Gasteiger partial charge in [-0.25, -0.2) is 9.97 Å². The number of benzene rings is 2. The number of hydrogen-bond donors (Lipinski definition) is 1. The molecule has 0 saturated heterocycles. The summed E-state index contributed by atoms with van der Waals surface area (Å²) < 4.78 is 0. The Hall–Kier alpha value is -3.51. The maximum Gasteiger partial charge on any atom is 0.144 e. The molecule has 0 amide bonds. The van der Waals surface area contributed by atoms with Crippen molar-refractivity contribution in [2.45, 2.75) is 6.42 Å². The van der Waals surface area contributed by atoms with Crippen LogP contribution in [0.1, 0.15) is 5.56 Å². The van der Waals surface area contributed by atoms with Crippen molar-refractivity contribution in [2.24, 2.45) is 0 Å². The number of hydrogen-bond acceptors (Lipinski definition) is 5. The molecule has 0 atom stereocenters. The maximum absolute atomic E-state index is 6.26. The fourth-order valence-electron chi connectivity index (χ4n) is 4.00. The van der Waals surface area contributed by atoms with Crippen molar-refractivity contribution in [2.75, 3.05) is 11.4 Å². The van der Waals surface area contributed by atoms with Crippen LogP contribution in [0, 0.1) is 0 Å². The van der Waals surface area contributed by atoms with Crippen LogP contribution in [0.25, 0.3) is 33.1 Å². The van der Waals surface area contributed by atoms with E-state index in [1.54, 1.807) is 12.5 Å². The van der Waals surface area contributed by atoms with Gasteiger partial charge in [0.25, 0.3) is 0 Å². The summed E-state index contributed by atoms with van der Waals surface area (Å²) in [6.45, 7) is 0.869. The van der Waals surface area contributed by atoms with Gasteiger partial charge in [-0.3, -0.25) is 10.1 Å². The Labute approximate surface area is 171 Å². The highest BCUT2D eigenvalue weighted by molar-refractivity contribution is 6.31. The van der Waals surface area contributed by atoms with Crippen molar-refractivity contribution in [3.05, 3.63) is 71.8 Å². The molecule has 6 rings (SSSR count). The Balaban J connectivity index is 1.52. The SMILES string of the molecule is Clc1ccc2c(c1)N(c1ncnc3ccc(-c4cnc5cn[nH]c5c4)cc13)CC2. The lowest BCUT2D eigenvalue weighted by Crippen LogP contribution is -2.15. The zero-order valence-corrected chi connectivity index (χ0v) is 16.1. The summed E-state index contributed by atoms with van der Waals surface area (Å²) in [5.74, 6) is 0.897. The third-order valence-electron chi connectivity index (χ3n) is 5.44. The Morgan fingerprint density at radius 3 is 2.83 bits per heavy atom. The van der Waals surface area contributed by atoms with E-state index in [9.17, 15) is 0 Å². The highest BCUT2D eigenvalue weighted by Gasteiger charge is 2.23. The smallest absolute Gasteiger partial charge is 0.144 e. The minimum absolute atomic E-state index is 0.730. The monoisotopic (exact) mass is 398 g/mol. The van der Waals surface area contributed by atoms with Gasteiger partial charge in [-0.15, -0.1) is 0 Å². The van der Waals surface area contributed by atoms with Gasteiger partial charge >= 0.3 is 0 Å². The van der Waals surface area contributed by atoms with Gasteiger partial charge in [0.1, 0.15) is 17.7 Å². The number of anilines is 2.